The second-order valence-corrected chi connectivity index (χ2v) is 4.31. The van der Waals surface area contributed by atoms with Crippen LogP contribution in [0.3, 0.4) is 0 Å². The predicted octanol–water partition coefficient (Wildman–Crippen LogP) is 2.62. The standard InChI is InChI=1S/C13H13ClFN3/c14-11-2-1-3-12(15)10(11)8-13(18-16)9-4-6-17-7-5-9/h1-7,13,18H,8,16H2. The minimum absolute atomic E-state index is 0.206. The summed E-state index contributed by atoms with van der Waals surface area (Å²) in [5, 5.41) is 0.407. The van der Waals surface area contributed by atoms with Crippen LogP contribution in [0.5, 0.6) is 0 Å². The van der Waals surface area contributed by atoms with Crippen LogP contribution in [-0.2, 0) is 6.42 Å². The molecule has 3 N–H and O–H groups in total. The van der Waals surface area contributed by atoms with Gasteiger partial charge in [-0.15, -0.1) is 0 Å². The topological polar surface area (TPSA) is 50.9 Å². The van der Waals surface area contributed by atoms with E-state index in [1.165, 1.54) is 6.07 Å². The van der Waals surface area contributed by atoms with E-state index in [9.17, 15) is 4.39 Å². The maximum atomic E-state index is 13.7. The molecule has 94 valence electrons. The van der Waals surface area contributed by atoms with Crippen molar-refractivity contribution in [3.05, 3.63) is 64.7 Å². The van der Waals surface area contributed by atoms with Crippen LogP contribution in [0.2, 0.25) is 5.02 Å². The van der Waals surface area contributed by atoms with Crippen LogP contribution in [0.1, 0.15) is 17.2 Å². The Kier molecular flexibility index (Phi) is 4.25. The Balaban J connectivity index is 2.26. The van der Waals surface area contributed by atoms with Crippen molar-refractivity contribution in [3.63, 3.8) is 0 Å². The molecule has 0 saturated heterocycles. The van der Waals surface area contributed by atoms with Gasteiger partial charge in [-0.1, -0.05) is 17.7 Å². The Morgan fingerprint density at radius 3 is 2.61 bits per heavy atom. The van der Waals surface area contributed by atoms with Crippen molar-refractivity contribution < 1.29 is 4.39 Å². The van der Waals surface area contributed by atoms with Gasteiger partial charge in [0.2, 0.25) is 0 Å². The third-order valence-corrected chi connectivity index (χ3v) is 3.13. The predicted molar refractivity (Wildman–Crippen MR) is 69.4 cm³/mol. The van der Waals surface area contributed by atoms with E-state index in [0.717, 1.165) is 5.56 Å². The van der Waals surface area contributed by atoms with Gasteiger partial charge in [-0.05, 0) is 36.2 Å². The van der Waals surface area contributed by atoms with Crippen molar-refractivity contribution in [2.75, 3.05) is 0 Å². The van der Waals surface area contributed by atoms with E-state index in [1.54, 1.807) is 24.5 Å². The minimum Gasteiger partial charge on any atom is -0.271 e. The lowest BCUT2D eigenvalue weighted by atomic mass is 10.00. The molecular weight excluding hydrogens is 253 g/mol. The molecule has 1 heterocycles. The molecule has 0 fully saturated rings. The molecule has 1 unspecified atom stereocenters. The maximum Gasteiger partial charge on any atom is 0.127 e. The summed E-state index contributed by atoms with van der Waals surface area (Å²) in [4.78, 5) is 3.94. The number of nitrogens with two attached hydrogens (primary N) is 1. The van der Waals surface area contributed by atoms with Gasteiger partial charge in [-0.3, -0.25) is 16.3 Å². The van der Waals surface area contributed by atoms with Crippen molar-refractivity contribution in [3.8, 4) is 0 Å². The van der Waals surface area contributed by atoms with Gasteiger partial charge in [-0.25, -0.2) is 4.39 Å². The number of halogens is 2. The van der Waals surface area contributed by atoms with Gasteiger partial charge < -0.3 is 0 Å². The van der Waals surface area contributed by atoms with Gasteiger partial charge in [0.05, 0.1) is 6.04 Å². The molecule has 1 aromatic heterocycles. The molecule has 0 aliphatic heterocycles. The van der Waals surface area contributed by atoms with Crippen LogP contribution in [0, 0.1) is 5.82 Å². The molecule has 0 bridgehead atoms. The van der Waals surface area contributed by atoms with E-state index in [0.29, 0.717) is 17.0 Å². The summed E-state index contributed by atoms with van der Waals surface area (Å²) in [6.07, 6.45) is 3.72. The van der Waals surface area contributed by atoms with E-state index in [2.05, 4.69) is 10.4 Å². The van der Waals surface area contributed by atoms with Crippen LogP contribution in [0.25, 0.3) is 0 Å². The van der Waals surface area contributed by atoms with Crippen molar-refractivity contribution in [1.82, 2.24) is 10.4 Å². The van der Waals surface area contributed by atoms with Crippen LogP contribution < -0.4 is 11.3 Å². The third kappa shape index (κ3) is 2.85. The first-order chi connectivity index (χ1) is 8.72. The number of hydrogen-bond acceptors (Lipinski definition) is 3. The number of nitrogens with zero attached hydrogens (tertiary/aromatic N) is 1. The maximum absolute atomic E-state index is 13.7. The normalized spacial score (nSPS) is 12.4. The number of benzene rings is 1. The molecule has 0 saturated carbocycles. The van der Waals surface area contributed by atoms with Gasteiger partial charge in [0.25, 0.3) is 0 Å². The molecule has 3 nitrogen and oxygen atoms in total. The Labute approximate surface area is 110 Å². The van der Waals surface area contributed by atoms with E-state index in [1.807, 2.05) is 12.1 Å². The molecule has 18 heavy (non-hydrogen) atoms. The van der Waals surface area contributed by atoms with E-state index >= 15 is 0 Å². The number of hydrazine groups is 1. The fraction of sp³-hybridized carbons (Fsp3) is 0.154. The summed E-state index contributed by atoms with van der Waals surface area (Å²) in [7, 11) is 0. The van der Waals surface area contributed by atoms with Gasteiger partial charge in [0.15, 0.2) is 0 Å². The molecule has 1 aromatic carbocycles. The first-order valence-electron chi connectivity index (χ1n) is 5.51. The quantitative estimate of drug-likeness (QED) is 0.660. The highest BCUT2D eigenvalue weighted by molar-refractivity contribution is 6.31. The third-order valence-electron chi connectivity index (χ3n) is 2.78. The lowest BCUT2D eigenvalue weighted by molar-refractivity contribution is 0.529. The monoisotopic (exact) mass is 265 g/mol. The highest BCUT2D eigenvalue weighted by atomic mass is 35.5. The molecular formula is C13H13ClFN3. The molecule has 0 aliphatic rings. The van der Waals surface area contributed by atoms with E-state index in [4.69, 9.17) is 17.4 Å². The van der Waals surface area contributed by atoms with Gasteiger partial charge >= 0.3 is 0 Å². The fourth-order valence-electron chi connectivity index (χ4n) is 1.80. The largest absolute Gasteiger partial charge is 0.271 e. The average molecular weight is 266 g/mol. The molecule has 1 atom stereocenters. The number of rotatable bonds is 4. The van der Waals surface area contributed by atoms with Crippen molar-refractivity contribution in [1.29, 1.82) is 0 Å². The number of aromatic nitrogens is 1. The summed E-state index contributed by atoms with van der Waals surface area (Å²) in [6.45, 7) is 0. The lowest BCUT2D eigenvalue weighted by Crippen LogP contribution is -2.29. The summed E-state index contributed by atoms with van der Waals surface area (Å²) < 4.78 is 13.7. The van der Waals surface area contributed by atoms with Crippen LogP contribution in [0.4, 0.5) is 4.39 Å². The van der Waals surface area contributed by atoms with E-state index in [-0.39, 0.29) is 11.9 Å². The van der Waals surface area contributed by atoms with Gasteiger partial charge in [-0.2, -0.15) is 0 Å². The SMILES string of the molecule is NNC(Cc1c(F)cccc1Cl)c1ccncc1. The number of nitrogens with one attached hydrogen (secondary N) is 1. The summed E-state index contributed by atoms with van der Waals surface area (Å²) >= 11 is 6.00. The molecule has 2 rings (SSSR count). The first-order valence-corrected chi connectivity index (χ1v) is 5.89. The molecule has 0 radical (unpaired) electrons. The zero-order chi connectivity index (χ0) is 13.0. The average Bonchev–Trinajstić information content (AvgIpc) is 2.40. The van der Waals surface area contributed by atoms with Crippen LogP contribution >= 0.6 is 11.6 Å². The summed E-state index contributed by atoms with van der Waals surface area (Å²) in [5.74, 6) is 5.19. The highest BCUT2D eigenvalue weighted by Gasteiger charge is 2.15. The zero-order valence-corrected chi connectivity index (χ0v) is 10.4. The number of hydrogen-bond donors (Lipinski definition) is 2. The molecule has 0 spiro atoms. The molecule has 0 amide bonds. The van der Waals surface area contributed by atoms with Gasteiger partial charge in [0.1, 0.15) is 5.82 Å². The first kappa shape index (κ1) is 13.0. The van der Waals surface area contributed by atoms with Crippen molar-refractivity contribution in [2.24, 2.45) is 5.84 Å². The van der Waals surface area contributed by atoms with Crippen molar-refractivity contribution in [2.45, 2.75) is 12.5 Å². The minimum atomic E-state index is -0.322. The van der Waals surface area contributed by atoms with Crippen molar-refractivity contribution >= 4 is 11.6 Å². The summed E-state index contributed by atoms with van der Waals surface area (Å²) in [6, 6.07) is 8.10. The van der Waals surface area contributed by atoms with Crippen LogP contribution in [0.15, 0.2) is 42.7 Å². The molecule has 0 aliphatic carbocycles. The Hall–Kier alpha value is -1.49. The van der Waals surface area contributed by atoms with Crippen LogP contribution in [-0.4, -0.2) is 4.98 Å². The molecule has 5 heteroatoms. The smallest absolute Gasteiger partial charge is 0.127 e. The van der Waals surface area contributed by atoms with Gasteiger partial charge in [0, 0.05) is 23.0 Å². The Bertz CT molecular complexity index is 499. The summed E-state index contributed by atoms with van der Waals surface area (Å²) in [5.41, 5.74) is 4.06. The van der Waals surface area contributed by atoms with E-state index < -0.39 is 0 Å². The fourth-order valence-corrected chi connectivity index (χ4v) is 2.04. The Morgan fingerprint density at radius 1 is 1.28 bits per heavy atom. The molecule has 2 aromatic rings. The second kappa shape index (κ2) is 5.91. The second-order valence-electron chi connectivity index (χ2n) is 3.90. The number of pyridine rings is 1. The zero-order valence-electron chi connectivity index (χ0n) is 9.61. The lowest BCUT2D eigenvalue weighted by Gasteiger charge is -2.17. The Morgan fingerprint density at radius 2 is 2.00 bits per heavy atom. The highest BCUT2D eigenvalue weighted by Crippen LogP contribution is 2.25.